The van der Waals surface area contributed by atoms with E-state index in [1.165, 1.54) is 30.3 Å². The molecule has 1 aliphatic heterocycles. The first kappa shape index (κ1) is 39.1. The van der Waals surface area contributed by atoms with Crippen LogP contribution in [0.1, 0.15) is 86.6 Å². The number of benzene rings is 2. The molecule has 1 aliphatic rings. The molecule has 2 heterocycles. The van der Waals surface area contributed by atoms with E-state index in [9.17, 15) is 33.5 Å². The van der Waals surface area contributed by atoms with Gasteiger partial charge < -0.3 is 39.3 Å². The second kappa shape index (κ2) is 18.5. The van der Waals surface area contributed by atoms with Gasteiger partial charge in [0, 0.05) is 24.3 Å². The summed E-state index contributed by atoms with van der Waals surface area (Å²) in [5.41, 5.74) is 1.59. The highest BCUT2D eigenvalue weighted by Crippen LogP contribution is 2.37. The summed E-state index contributed by atoms with van der Waals surface area (Å²) < 4.78 is 23.0. The fourth-order valence-electron chi connectivity index (χ4n) is 6.04. The third kappa shape index (κ3) is 10.7. The van der Waals surface area contributed by atoms with Gasteiger partial charge in [-0.1, -0.05) is 33.1 Å². The van der Waals surface area contributed by atoms with Gasteiger partial charge in [0.05, 0.1) is 36.1 Å². The van der Waals surface area contributed by atoms with Crippen molar-refractivity contribution in [3.63, 3.8) is 0 Å². The van der Waals surface area contributed by atoms with Crippen LogP contribution in [0.15, 0.2) is 59.0 Å². The summed E-state index contributed by atoms with van der Waals surface area (Å²) in [7, 11) is -4.60. The largest absolute Gasteiger partial charge is 0.494 e. The number of hydrogen-bond acceptors (Lipinski definition) is 9. The number of nitrogens with zero attached hydrogens (tertiary/aromatic N) is 2. The molecule has 4 N–H and O–H groups in total. The van der Waals surface area contributed by atoms with Gasteiger partial charge >= 0.3 is 13.6 Å². The minimum atomic E-state index is -4.60. The lowest BCUT2D eigenvalue weighted by molar-refractivity contribution is -0.171. The summed E-state index contributed by atoms with van der Waals surface area (Å²) in [6.07, 6.45) is 5.84. The number of carbonyl (C=O) groups is 4. The molecule has 15 heteroatoms. The summed E-state index contributed by atoms with van der Waals surface area (Å²) in [4.78, 5) is 78.9. The maximum atomic E-state index is 13.5. The van der Waals surface area contributed by atoms with Crippen molar-refractivity contribution in [3.05, 3.63) is 65.9 Å². The van der Waals surface area contributed by atoms with Crippen LogP contribution in [0.2, 0.25) is 0 Å². The Balaban J connectivity index is 1.40. The molecule has 1 aromatic heterocycles. The second-order valence-corrected chi connectivity index (χ2v) is 13.8. The SMILES string of the molecule is CCCCCC(C(=O)NCNC(=O)c1ccc(-c2cc(OCC)cc(P(=O)(O)O)c2)o1)C(CC)N(C=O)OC(=O)c1ccc(N2CCCC2)cc1. The number of hydrogen-bond donors (Lipinski definition) is 4. The van der Waals surface area contributed by atoms with Crippen molar-refractivity contribution in [1.82, 2.24) is 15.7 Å². The highest BCUT2D eigenvalue weighted by atomic mass is 31.2. The summed E-state index contributed by atoms with van der Waals surface area (Å²) in [6, 6.07) is 13.2. The molecule has 276 valence electrons. The summed E-state index contributed by atoms with van der Waals surface area (Å²) >= 11 is 0. The number of amides is 3. The lowest BCUT2D eigenvalue weighted by atomic mass is 9.90. The number of hydroxylamine groups is 2. The first-order valence-corrected chi connectivity index (χ1v) is 18.9. The number of ether oxygens (including phenoxy) is 1. The van der Waals surface area contributed by atoms with Gasteiger partial charge in [-0.25, -0.2) is 4.79 Å². The van der Waals surface area contributed by atoms with Crippen LogP contribution in [0.4, 0.5) is 5.69 Å². The average molecular weight is 727 g/mol. The Morgan fingerprint density at radius 3 is 2.35 bits per heavy atom. The second-order valence-electron chi connectivity index (χ2n) is 12.2. The molecule has 51 heavy (non-hydrogen) atoms. The Hall–Kier alpha value is -4.65. The first-order chi connectivity index (χ1) is 24.5. The zero-order valence-corrected chi connectivity index (χ0v) is 30.1. The molecule has 0 aliphatic carbocycles. The van der Waals surface area contributed by atoms with Crippen LogP contribution in [-0.2, 0) is 19.0 Å². The Labute approximate surface area is 297 Å². The van der Waals surface area contributed by atoms with Crippen molar-refractivity contribution in [3.8, 4) is 17.1 Å². The van der Waals surface area contributed by atoms with Crippen molar-refractivity contribution in [2.75, 3.05) is 31.3 Å². The molecule has 2 aromatic carbocycles. The van der Waals surface area contributed by atoms with Gasteiger partial charge in [-0.2, -0.15) is 5.06 Å². The molecule has 4 rings (SSSR count). The van der Waals surface area contributed by atoms with Crippen molar-refractivity contribution >= 4 is 42.8 Å². The average Bonchev–Trinajstić information content (AvgIpc) is 3.84. The van der Waals surface area contributed by atoms with Crippen LogP contribution in [0, 0.1) is 5.92 Å². The highest BCUT2D eigenvalue weighted by molar-refractivity contribution is 7.60. The van der Waals surface area contributed by atoms with Crippen LogP contribution in [0.5, 0.6) is 5.75 Å². The van der Waals surface area contributed by atoms with Crippen LogP contribution in [0.3, 0.4) is 0 Å². The zero-order valence-electron chi connectivity index (χ0n) is 29.2. The molecule has 3 amide bonds. The van der Waals surface area contributed by atoms with E-state index >= 15 is 0 Å². The van der Waals surface area contributed by atoms with E-state index in [1.54, 1.807) is 26.0 Å². The first-order valence-electron chi connectivity index (χ1n) is 17.3. The van der Waals surface area contributed by atoms with Crippen LogP contribution in [0.25, 0.3) is 11.3 Å². The van der Waals surface area contributed by atoms with Crippen molar-refractivity contribution in [2.24, 2.45) is 5.92 Å². The fraction of sp³-hybridized carbons (Fsp3) is 0.444. The van der Waals surface area contributed by atoms with E-state index in [2.05, 4.69) is 15.5 Å². The lowest BCUT2D eigenvalue weighted by Gasteiger charge is -2.31. The van der Waals surface area contributed by atoms with E-state index in [1.807, 2.05) is 19.1 Å². The molecular weight excluding hydrogens is 679 g/mol. The monoisotopic (exact) mass is 726 g/mol. The van der Waals surface area contributed by atoms with Gasteiger partial charge in [0.15, 0.2) is 5.76 Å². The number of unbranched alkanes of at least 4 members (excludes halogenated alkanes) is 2. The zero-order chi connectivity index (χ0) is 37.0. The smallest absolute Gasteiger partial charge is 0.363 e. The number of furan rings is 1. The van der Waals surface area contributed by atoms with Gasteiger partial charge in [-0.15, -0.1) is 0 Å². The Kier molecular flexibility index (Phi) is 14.2. The van der Waals surface area contributed by atoms with E-state index in [0.29, 0.717) is 31.2 Å². The Morgan fingerprint density at radius 2 is 1.73 bits per heavy atom. The highest BCUT2D eigenvalue weighted by Gasteiger charge is 2.34. The van der Waals surface area contributed by atoms with Crippen LogP contribution >= 0.6 is 7.60 Å². The van der Waals surface area contributed by atoms with Gasteiger partial charge in [-0.3, -0.25) is 18.9 Å². The van der Waals surface area contributed by atoms with Crippen molar-refractivity contribution in [2.45, 2.75) is 71.8 Å². The lowest BCUT2D eigenvalue weighted by Crippen LogP contribution is -2.49. The molecule has 2 atom stereocenters. The molecule has 1 saturated heterocycles. The van der Waals surface area contributed by atoms with Crippen molar-refractivity contribution < 1.29 is 47.5 Å². The molecular formula is C36H47N4O10P. The van der Waals surface area contributed by atoms with E-state index in [0.717, 1.165) is 49.5 Å². The molecule has 0 bridgehead atoms. The number of anilines is 1. The molecule has 2 unspecified atom stereocenters. The maximum Gasteiger partial charge on any atom is 0.363 e. The van der Waals surface area contributed by atoms with Gasteiger partial charge in [0.1, 0.15) is 11.5 Å². The number of rotatable bonds is 19. The molecule has 0 radical (unpaired) electrons. The molecule has 14 nitrogen and oxygen atoms in total. The number of carbonyl (C=O) groups excluding carboxylic acids is 4. The summed E-state index contributed by atoms with van der Waals surface area (Å²) in [5.74, 6) is -2.24. The van der Waals surface area contributed by atoms with Crippen LogP contribution < -0.4 is 25.6 Å². The third-order valence-electron chi connectivity index (χ3n) is 8.70. The maximum absolute atomic E-state index is 13.5. The Morgan fingerprint density at radius 1 is 1.00 bits per heavy atom. The normalized spacial score (nSPS) is 14.0. The van der Waals surface area contributed by atoms with Gasteiger partial charge in [0.2, 0.25) is 12.3 Å². The van der Waals surface area contributed by atoms with Gasteiger partial charge in [-0.05, 0) is 87.2 Å². The van der Waals surface area contributed by atoms with Crippen LogP contribution in [-0.4, -0.2) is 71.5 Å². The minimum absolute atomic E-state index is 0.0998. The fourth-order valence-corrected chi connectivity index (χ4v) is 6.65. The minimum Gasteiger partial charge on any atom is -0.494 e. The topological polar surface area (TPSA) is 188 Å². The molecule has 0 spiro atoms. The predicted molar refractivity (Wildman–Crippen MR) is 190 cm³/mol. The number of nitrogens with one attached hydrogen (secondary N) is 2. The Bertz CT molecular complexity index is 1680. The quantitative estimate of drug-likeness (QED) is 0.0439. The molecule has 3 aromatic rings. The van der Waals surface area contributed by atoms with E-state index < -0.39 is 37.3 Å². The summed E-state index contributed by atoms with van der Waals surface area (Å²) in [6.45, 7) is 7.49. The van der Waals surface area contributed by atoms with Crippen molar-refractivity contribution in [1.29, 1.82) is 0 Å². The predicted octanol–water partition coefficient (Wildman–Crippen LogP) is 4.76. The molecule has 0 saturated carbocycles. The van der Waals surface area contributed by atoms with E-state index in [4.69, 9.17) is 14.0 Å². The van der Waals surface area contributed by atoms with E-state index in [-0.39, 0.29) is 41.4 Å². The third-order valence-corrected chi connectivity index (χ3v) is 9.63. The standard InChI is InChI=1S/C36H47N4O10P/c1-4-7-8-11-30(31(5-2)40(24-41)50-36(44)25-12-14-27(15-13-25)39-18-9-10-19-39)34(42)37-23-38-35(43)33-17-16-32(49-33)26-20-28(48-6-3)22-29(21-26)51(45,46)47/h12-17,20-22,24,30-31H,4-11,18-19,23H2,1-3H3,(H,37,42)(H,38,43)(H2,45,46,47). The summed E-state index contributed by atoms with van der Waals surface area (Å²) in [5, 5.41) is 5.93. The molecule has 1 fully saturated rings. The van der Waals surface area contributed by atoms with Gasteiger partial charge in [0.25, 0.3) is 5.91 Å².